The SMILES string of the molecule is CCN(CC(=O)NC(C)(C)C)C(=O)Cc1noc2ccccc12. The van der Waals surface area contributed by atoms with Gasteiger partial charge >= 0.3 is 0 Å². The van der Waals surface area contributed by atoms with Gasteiger partial charge in [-0.3, -0.25) is 9.59 Å². The van der Waals surface area contributed by atoms with Crippen molar-refractivity contribution in [1.29, 1.82) is 0 Å². The molecule has 1 aromatic heterocycles. The number of carbonyl (C=O) groups excluding carboxylic acids is 2. The fourth-order valence-corrected chi connectivity index (χ4v) is 2.33. The van der Waals surface area contributed by atoms with Crippen molar-refractivity contribution in [2.75, 3.05) is 13.1 Å². The number of amides is 2. The fraction of sp³-hybridized carbons (Fsp3) is 0.471. The molecule has 1 N–H and O–H groups in total. The van der Waals surface area contributed by atoms with Crippen molar-refractivity contribution in [3.05, 3.63) is 30.0 Å². The molecule has 0 atom stereocenters. The Bertz CT molecular complexity index is 700. The van der Waals surface area contributed by atoms with Crippen LogP contribution >= 0.6 is 0 Å². The first kappa shape index (κ1) is 17.0. The molecule has 0 fully saturated rings. The number of hydrogen-bond donors (Lipinski definition) is 1. The van der Waals surface area contributed by atoms with Crippen LogP contribution in [0, 0.1) is 0 Å². The van der Waals surface area contributed by atoms with E-state index in [4.69, 9.17) is 4.52 Å². The normalized spacial score (nSPS) is 11.5. The minimum atomic E-state index is -0.318. The summed E-state index contributed by atoms with van der Waals surface area (Å²) < 4.78 is 5.21. The van der Waals surface area contributed by atoms with Gasteiger partial charge in [-0.1, -0.05) is 17.3 Å². The minimum absolute atomic E-state index is 0.0440. The van der Waals surface area contributed by atoms with E-state index in [2.05, 4.69) is 10.5 Å². The van der Waals surface area contributed by atoms with Gasteiger partial charge in [0, 0.05) is 17.5 Å². The Balaban J connectivity index is 2.04. The molecule has 0 spiro atoms. The topological polar surface area (TPSA) is 75.4 Å². The quantitative estimate of drug-likeness (QED) is 0.916. The van der Waals surface area contributed by atoms with Crippen LogP contribution < -0.4 is 5.32 Å². The second-order valence-electron chi connectivity index (χ2n) is 6.51. The molecule has 0 radical (unpaired) electrons. The third kappa shape index (κ3) is 4.55. The summed E-state index contributed by atoms with van der Waals surface area (Å²) in [6.07, 6.45) is 0.119. The van der Waals surface area contributed by atoms with E-state index >= 15 is 0 Å². The third-order valence-corrected chi connectivity index (χ3v) is 3.35. The third-order valence-electron chi connectivity index (χ3n) is 3.35. The number of fused-ring (bicyclic) bond motifs is 1. The first-order valence-electron chi connectivity index (χ1n) is 7.72. The van der Waals surface area contributed by atoms with E-state index in [1.54, 1.807) is 0 Å². The summed E-state index contributed by atoms with van der Waals surface area (Å²) in [5.74, 6) is -0.312. The second-order valence-corrected chi connectivity index (χ2v) is 6.51. The molecule has 0 saturated carbocycles. The molecule has 0 aliphatic rings. The van der Waals surface area contributed by atoms with Crippen molar-refractivity contribution >= 4 is 22.8 Å². The summed E-state index contributed by atoms with van der Waals surface area (Å²) >= 11 is 0. The fourth-order valence-electron chi connectivity index (χ4n) is 2.33. The molecule has 0 saturated heterocycles. The van der Waals surface area contributed by atoms with Crippen molar-refractivity contribution in [2.45, 2.75) is 39.7 Å². The van der Waals surface area contributed by atoms with Crippen LogP contribution in [-0.4, -0.2) is 40.5 Å². The van der Waals surface area contributed by atoms with E-state index in [-0.39, 0.29) is 30.3 Å². The lowest BCUT2D eigenvalue weighted by Crippen LogP contribution is -2.47. The lowest BCUT2D eigenvalue weighted by Gasteiger charge is -2.25. The summed E-state index contributed by atoms with van der Waals surface area (Å²) in [7, 11) is 0. The number of para-hydroxylation sites is 1. The van der Waals surface area contributed by atoms with E-state index in [1.165, 1.54) is 4.90 Å². The lowest BCUT2D eigenvalue weighted by molar-refractivity contribution is -0.135. The monoisotopic (exact) mass is 317 g/mol. The molecule has 0 aliphatic heterocycles. The molecule has 1 heterocycles. The predicted octanol–water partition coefficient (Wildman–Crippen LogP) is 2.13. The number of nitrogens with one attached hydrogen (secondary N) is 1. The molecule has 6 nitrogen and oxygen atoms in total. The predicted molar refractivity (Wildman–Crippen MR) is 87.9 cm³/mol. The van der Waals surface area contributed by atoms with Gasteiger partial charge in [0.1, 0.15) is 5.69 Å². The van der Waals surface area contributed by atoms with Crippen LogP contribution in [-0.2, 0) is 16.0 Å². The van der Waals surface area contributed by atoms with Gasteiger partial charge in [-0.15, -0.1) is 0 Å². The van der Waals surface area contributed by atoms with Crippen LogP contribution in [0.15, 0.2) is 28.8 Å². The summed E-state index contributed by atoms with van der Waals surface area (Å²) in [5.41, 5.74) is 0.936. The van der Waals surface area contributed by atoms with Gasteiger partial charge in [0.05, 0.1) is 13.0 Å². The number of benzene rings is 1. The van der Waals surface area contributed by atoms with Gasteiger partial charge in [0.25, 0.3) is 0 Å². The highest BCUT2D eigenvalue weighted by molar-refractivity contribution is 5.89. The smallest absolute Gasteiger partial charge is 0.240 e. The second kappa shape index (κ2) is 6.81. The molecular formula is C17H23N3O3. The van der Waals surface area contributed by atoms with E-state index in [1.807, 2.05) is 52.0 Å². The van der Waals surface area contributed by atoms with Crippen molar-refractivity contribution in [1.82, 2.24) is 15.4 Å². The minimum Gasteiger partial charge on any atom is -0.356 e. The lowest BCUT2D eigenvalue weighted by atomic mass is 10.1. The van der Waals surface area contributed by atoms with Crippen LogP contribution in [0.2, 0.25) is 0 Å². The Kier molecular flexibility index (Phi) is 5.03. The Morgan fingerprint density at radius 3 is 2.61 bits per heavy atom. The molecule has 0 bridgehead atoms. The highest BCUT2D eigenvalue weighted by atomic mass is 16.5. The molecular weight excluding hydrogens is 294 g/mol. The molecule has 2 amide bonds. The van der Waals surface area contributed by atoms with Gasteiger partial charge in [-0.2, -0.15) is 0 Å². The van der Waals surface area contributed by atoms with Gasteiger partial charge in [-0.05, 0) is 39.8 Å². The maximum Gasteiger partial charge on any atom is 0.240 e. The highest BCUT2D eigenvalue weighted by Gasteiger charge is 2.21. The highest BCUT2D eigenvalue weighted by Crippen LogP contribution is 2.18. The summed E-state index contributed by atoms with van der Waals surface area (Å²) in [5, 5.41) is 7.66. The number of hydrogen-bond acceptors (Lipinski definition) is 4. The van der Waals surface area contributed by atoms with Crippen molar-refractivity contribution in [3.8, 4) is 0 Å². The zero-order valence-electron chi connectivity index (χ0n) is 14.0. The molecule has 1 aromatic carbocycles. The van der Waals surface area contributed by atoms with Gasteiger partial charge in [-0.25, -0.2) is 0 Å². The van der Waals surface area contributed by atoms with Gasteiger partial charge in [0.15, 0.2) is 5.58 Å². The number of carbonyl (C=O) groups is 2. The van der Waals surface area contributed by atoms with Gasteiger partial charge < -0.3 is 14.7 Å². The first-order chi connectivity index (χ1) is 10.8. The van der Waals surface area contributed by atoms with E-state index in [9.17, 15) is 9.59 Å². The van der Waals surface area contributed by atoms with Crippen LogP contribution in [0.4, 0.5) is 0 Å². The number of nitrogens with zero attached hydrogens (tertiary/aromatic N) is 2. The molecule has 2 aromatic rings. The van der Waals surface area contributed by atoms with E-state index in [0.29, 0.717) is 17.8 Å². The van der Waals surface area contributed by atoms with Crippen LogP contribution in [0.1, 0.15) is 33.4 Å². The Morgan fingerprint density at radius 1 is 1.26 bits per heavy atom. The van der Waals surface area contributed by atoms with Crippen molar-refractivity contribution in [3.63, 3.8) is 0 Å². The Morgan fingerprint density at radius 2 is 1.96 bits per heavy atom. The van der Waals surface area contributed by atoms with Crippen molar-refractivity contribution < 1.29 is 14.1 Å². The Labute approximate surface area is 135 Å². The number of aromatic nitrogens is 1. The zero-order valence-corrected chi connectivity index (χ0v) is 14.0. The number of likely N-dealkylation sites (N-methyl/N-ethyl adjacent to an activating group) is 1. The average Bonchev–Trinajstić information content (AvgIpc) is 2.86. The van der Waals surface area contributed by atoms with Crippen LogP contribution in [0.3, 0.4) is 0 Å². The van der Waals surface area contributed by atoms with E-state index in [0.717, 1.165) is 5.39 Å². The summed E-state index contributed by atoms with van der Waals surface area (Å²) in [4.78, 5) is 26.0. The number of rotatable bonds is 5. The first-order valence-corrected chi connectivity index (χ1v) is 7.72. The van der Waals surface area contributed by atoms with Crippen LogP contribution in [0.5, 0.6) is 0 Å². The zero-order chi connectivity index (χ0) is 17.0. The molecule has 0 unspecified atom stereocenters. The largest absolute Gasteiger partial charge is 0.356 e. The van der Waals surface area contributed by atoms with Crippen LogP contribution in [0.25, 0.3) is 11.0 Å². The average molecular weight is 317 g/mol. The van der Waals surface area contributed by atoms with Gasteiger partial charge in [0.2, 0.25) is 11.8 Å². The maximum atomic E-state index is 12.5. The van der Waals surface area contributed by atoms with Crippen molar-refractivity contribution in [2.24, 2.45) is 0 Å². The molecule has 124 valence electrons. The molecule has 6 heteroatoms. The standard InChI is InChI=1S/C17H23N3O3/c1-5-20(11-15(21)18-17(2,3)4)16(22)10-13-12-8-6-7-9-14(12)23-19-13/h6-9H,5,10-11H2,1-4H3,(H,18,21). The molecule has 23 heavy (non-hydrogen) atoms. The summed E-state index contributed by atoms with van der Waals surface area (Å²) in [6.45, 7) is 8.08. The molecule has 2 rings (SSSR count). The summed E-state index contributed by atoms with van der Waals surface area (Å²) in [6, 6.07) is 7.41. The van der Waals surface area contributed by atoms with E-state index < -0.39 is 0 Å². The maximum absolute atomic E-state index is 12.5. The Hall–Kier alpha value is -2.37. The molecule has 0 aliphatic carbocycles.